The highest BCUT2D eigenvalue weighted by Gasteiger charge is 2.38. The van der Waals surface area contributed by atoms with Gasteiger partial charge in [-0.25, -0.2) is 14.1 Å². The maximum Gasteiger partial charge on any atom is 0.417 e. The van der Waals surface area contributed by atoms with Crippen LogP contribution in [0.4, 0.5) is 9.18 Å². The monoisotopic (exact) mass is 394 g/mol. The maximum atomic E-state index is 13.6. The van der Waals surface area contributed by atoms with E-state index in [9.17, 15) is 18.8 Å². The zero-order valence-electron chi connectivity index (χ0n) is 15.8. The Balaban J connectivity index is 1.64. The van der Waals surface area contributed by atoms with Gasteiger partial charge in [-0.1, -0.05) is 48.4 Å². The SMILES string of the molecule is CN(CC(=O)N1C(=O)OC[C@@H]1Cc1ccccc1)C(=O)C#Cc1ccccc1F. The quantitative estimate of drug-likeness (QED) is 0.746. The second-order valence-electron chi connectivity index (χ2n) is 6.58. The first-order valence-corrected chi connectivity index (χ1v) is 9.00. The van der Waals surface area contributed by atoms with E-state index in [-0.39, 0.29) is 18.7 Å². The number of rotatable bonds is 4. The number of imide groups is 1. The predicted molar refractivity (Wildman–Crippen MR) is 103 cm³/mol. The zero-order chi connectivity index (χ0) is 20.8. The van der Waals surface area contributed by atoms with Gasteiger partial charge in [0.15, 0.2) is 0 Å². The molecule has 6 nitrogen and oxygen atoms in total. The molecule has 1 aliphatic rings. The second kappa shape index (κ2) is 9.02. The standard InChI is InChI=1S/C22H19FN2O4/c1-24(20(26)12-11-17-9-5-6-10-19(17)23)14-21(27)25-18(15-29-22(25)28)13-16-7-3-2-4-8-16/h2-10,18H,13-15H2,1H3/t18-/m0/s1. The molecule has 0 unspecified atom stereocenters. The number of ether oxygens (including phenoxy) is 1. The lowest BCUT2D eigenvalue weighted by atomic mass is 10.1. The number of cyclic esters (lactones) is 1. The van der Waals surface area contributed by atoms with Gasteiger partial charge in [0.2, 0.25) is 0 Å². The summed E-state index contributed by atoms with van der Waals surface area (Å²) in [5.74, 6) is 3.01. The van der Waals surface area contributed by atoms with E-state index in [2.05, 4.69) is 11.8 Å². The van der Waals surface area contributed by atoms with Crippen LogP contribution in [0.1, 0.15) is 11.1 Å². The van der Waals surface area contributed by atoms with Gasteiger partial charge in [0.25, 0.3) is 11.8 Å². The molecule has 2 aromatic rings. The number of amides is 3. The molecule has 0 spiro atoms. The van der Waals surface area contributed by atoms with Crippen LogP contribution >= 0.6 is 0 Å². The van der Waals surface area contributed by atoms with Crippen molar-refractivity contribution in [1.29, 1.82) is 0 Å². The number of carbonyl (C=O) groups excluding carboxylic acids is 3. The molecule has 0 bridgehead atoms. The number of likely N-dealkylation sites (N-methyl/N-ethyl adjacent to an activating group) is 1. The minimum Gasteiger partial charge on any atom is -0.447 e. The van der Waals surface area contributed by atoms with E-state index in [1.807, 2.05) is 30.3 Å². The number of halogens is 1. The molecule has 1 heterocycles. The fraction of sp³-hybridized carbons (Fsp3) is 0.227. The van der Waals surface area contributed by atoms with Crippen LogP contribution in [0, 0.1) is 17.7 Å². The predicted octanol–water partition coefficient (Wildman–Crippen LogP) is 2.23. The maximum absolute atomic E-state index is 13.6. The lowest BCUT2D eigenvalue weighted by molar-refractivity contribution is -0.135. The highest BCUT2D eigenvalue weighted by molar-refractivity contribution is 5.99. The van der Waals surface area contributed by atoms with Gasteiger partial charge in [-0.05, 0) is 24.1 Å². The largest absolute Gasteiger partial charge is 0.447 e. The molecule has 1 atom stereocenters. The van der Waals surface area contributed by atoms with Crippen molar-refractivity contribution >= 4 is 17.9 Å². The van der Waals surface area contributed by atoms with Crippen molar-refractivity contribution in [3.05, 3.63) is 71.5 Å². The van der Waals surface area contributed by atoms with Crippen LogP contribution < -0.4 is 0 Å². The molecule has 0 N–H and O–H groups in total. The number of benzene rings is 2. The van der Waals surface area contributed by atoms with Crippen LogP contribution in [0.5, 0.6) is 0 Å². The lowest BCUT2D eigenvalue weighted by Gasteiger charge is -2.22. The average molecular weight is 394 g/mol. The van der Waals surface area contributed by atoms with Crippen molar-refractivity contribution in [2.45, 2.75) is 12.5 Å². The van der Waals surface area contributed by atoms with Gasteiger partial charge < -0.3 is 9.64 Å². The minimum absolute atomic E-state index is 0.0895. The molecule has 0 aromatic heterocycles. The molecule has 29 heavy (non-hydrogen) atoms. The number of nitrogens with zero attached hydrogens (tertiary/aromatic N) is 2. The molecule has 2 aromatic carbocycles. The van der Waals surface area contributed by atoms with E-state index in [0.717, 1.165) is 15.4 Å². The molecule has 1 fully saturated rings. The van der Waals surface area contributed by atoms with Crippen LogP contribution in [-0.2, 0) is 20.7 Å². The molecular weight excluding hydrogens is 375 g/mol. The van der Waals surface area contributed by atoms with Crippen molar-refractivity contribution in [2.75, 3.05) is 20.2 Å². The Labute approximate surface area is 167 Å². The Morgan fingerprint density at radius 3 is 2.59 bits per heavy atom. The molecule has 7 heteroatoms. The van der Waals surface area contributed by atoms with Crippen molar-refractivity contribution in [3.63, 3.8) is 0 Å². The van der Waals surface area contributed by atoms with Crippen LogP contribution in [0.15, 0.2) is 54.6 Å². The van der Waals surface area contributed by atoms with Crippen molar-refractivity contribution in [2.24, 2.45) is 0 Å². The molecule has 0 aliphatic carbocycles. The van der Waals surface area contributed by atoms with Gasteiger partial charge in [-0.3, -0.25) is 9.59 Å². The first-order chi connectivity index (χ1) is 14.0. The summed E-state index contributed by atoms with van der Waals surface area (Å²) in [5, 5.41) is 0. The summed E-state index contributed by atoms with van der Waals surface area (Å²) >= 11 is 0. The normalized spacial score (nSPS) is 15.3. The van der Waals surface area contributed by atoms with Crippen molar-refractivity contribution < 1.29 is 23.5 Å². The summed E-state index contributed by atoms with van der Waals surface area (Å²) in [6.45, 7) is -0.241. The number of hydrogen-bond acceptors (Lipinski definition) is 4. The smallest absolute Gasteiger partial charge is 0.417 e. The topological polar surface area (TPSA) is 66.9 Å². The lowest BCUT2D eigenvalue weighted by Crippen LogP contribution is -2.46. The number of carbonyl (C=O) groups is 3. The van der Waals surface area contributed by atoms with Gasteiger partial charge in [-0.15, -0.1) is 0 Å². The van der Waals surface area contributed by atoms with E-state index >= 15 is 0 Å². The molecule has 3 amide bonds. The van der Waals surface area contributed by atoms with Gasteiger partial charge in [0.05, 0.1) is 11.6 Å². The summed E-state index contributed by atoms with van der Waals surface area (Å²) < 4.78 is 18.6. The Morgan fingerprint density at radius 2 is 1.86 bits per heavy atom. The van der Waals surface area contributed by atoms with E-state index < -0.39 is 29.8 Å². The summed E-state index contributed by atoms with van der Waals surface area (Å²) in [6, 6.07) is 14.8. The summed E-state index contributed by atoms with van der Waals surface area (Å²) in [7, 11) is 1.39. The van der Waals surface area contributed by atoms with E-state index in [4.69, 9.17) is 4.74 Å². The highest BCUT2D eigenvalue weighted by atomic mass is 19.1. The molecule has 0 radical (unpaired) electrons. The van der Waals surface area contributed by atoms with E-state index in [1.54, 1.807) is 6.07 Å². The van der Waals surface area contributed by atoms with Crippen molar-refractivity contribution in [3.8, 4) is 11.8 Å². The summed E-state index contributed by atoms with van der Waals surface area (Å²) in [6.07, 6.45) is -0.266. The van der Waals surface area contributed by atoms with Crippen LogP contribution in [0.25, 0.3) is 0 Å². The molecule has 1 saturated heterocycles. The first kappa shape index (κ1) is 20.1. The Hall–Kier alpha value is -3.66. The first-order valence-electron chi connectivity index (χ1n) is 9.00. The Kier molecular flexibility index (Phi) is 6.25. The van der Waals surface area contributed by atoms with E-state index in [0.29, 0.717) is 6.42 Å². The third kappa shape index (κ3) is 4.99. The van der Waals surface area contributed by atoms with Gasteiger partial charge in [0, 0.05) is 13.0 Å². The van der Waals surface area contributed by atoms with Crippen LogP contribution in [0.3, 0.4) is 0 Å². The Morgan fingerprint density at radius 1 is 1.17 bits per heavy atom. The zero-order valence-corrected chi connectivity index (χ0v) is 15.8. The fourth-order valence-electron chi connectivity index (χ4n) is 2.93. The molecule has 0 saturated carbocycles. The van der Waals surface area contributed by atoms with Gasteiger partial charge in [-0.2, -0.15) is 0 Å². The van der Waals surface area contributed by atoms with Gasteiger partial charge in [0.1, 0.15) is 19.0 Å². The minimum atomic E-state index is -0.728. The summed E-state index contributed by atoms with van der Waals surface area (Å²) in [4.78, 5) is 39.0. The highest BCUT2D eigenvalue weighted by Crippen LogP contribution is 2.17. The third-order valence-electron chi connectivity index (χ3n) is 4.44. The van der Waals surface area contributed by atoms with Crippen molar-refractivity contribution in [1.82, 2.24) is 9.80 Å². The third-order valence-corrected chi connectivity index (χ3v) is 4.44. The van der Waals surface area contributed by atoms with Crippen LogP contribution in [-0.4, -0.2) is 53.9 Å². The molecule has 148 valence electrons. The summed E-state index contributed by atoms with van der Waals surface area (Å²) in [5.41, 5.74) is 1.06. The molecule has 3 rings (SSSR count). The van der Waals surface area contributed by atoms with E-state index in [1.165, 1.54) is 25.2 Å². The molecule has 1 aliphatic heterocycles. The average Bonchev–Trinajstić information content (AvgIpc) is 3.08. The Bertz CT molecular complexity index is 981. The number of hydrogen-bond donors (Lipinski definition) is 0. The van der Waals surface area contributed by atoms with Crippen LogP contribution in [0.2, 0.25) is 0 Å². The molecular formula is C22H19FN2O4. The van der Waals surface area contributed by atoms with Gasteiger partial charge >= 0.3 is 6.09 Å². The fourth-order valence-corrected chi connectivity index (χ4v) is 2.93. The second-order valence-corrected chi connectivity index (χ2v) is 6.58.